The van der Waals surface area contributed by atoms with Crippen LogP contribution in [-0.4, -0.2) is 12.7 Å². The zero-order valence-electron chi connectivity index (χ0n) is 8.91. The van der Waals surface area contributed by atoms with Crippen molar-refractivity contribution in [3.05, 3.63) is 29.8 Å². The first-order chi connectivity index (χ1) is 7.45. The summed E-state index contributed by atoms with van der Waals surface area (Å²) in [7, 11) is 0. The van der Waals surface area contributed by atoms with E-state index in [0.29, 0.717) is 0 Å². The number of aliphatic imine (C=N–C) groups is 1. The molecule has 0 heterocycles. The van der Waals surface area contributed by atoms with Gasteiger partial charge in [0.15, 0.2) is 0 Å². The number of carbonyl (C=O) groups excluding carboxylic acids is 1. The Morgan fingerprint density at radius 2 is 1.88 bits per heavy atom. The second kappa shape index (κ2) is 4.86. The normalized spacial score (nSPS) is 11.1. The molecule has 1 aromatic rings. The second-order valence-electron chi connectivity index (χ2n) is 3.66. The fraction of sp³-hybridized carbons (Fsp3) is 0.364. The third-order valence-electron chi connectivity index (χ3n) is 2.11. The lowest BCUT2D eigenvalue weighted by molar-refractivity contribution is -0.0498. The van der Waals surface area contributed by atoms with Crippen LogP contribution in [0.5, 0.6) is 5.75 Å². The van der Waals surface area contributed by atoms with Crippen LogP contribution in [0.25, 0.3) is 0 Å². The van der Waals surface area contributed by atoms with Gasteiger partial charge in [0.1, 0.15) is 5.75 Å². The van der Waals surface area contributed by atoms with E-state index in [4.69, 9.17) is 0 Å². The highest BCUT2D eigenvalue weighted by atomic mass is 19.3. The van der Waals surface area contributed by atoms with E-state index < -0.39 is 12.2 Å². The van der Waals surface area contributed by atoms with Crippen molar-refractivity contribution in [3.63, 3.8) is 0 Å². The van der Waals surface area contributed by atoms with E-state index in [-0.39, 0.29) is 5.75 Å². The van der Waals surface area contributed by atoms with Gasteiger partial charge in [-0.05, 0) is 31.5 Å². The van der Waals surface area contributed by atoms with Gasteiger partial charge in [-0.2, -0.15) is 13.8 Å². The Hall–Kier alpha value is -1.74. The second-order valence-corrected chi connectivity index (χ2v) is 3.66. The summed E-state index contributed by atoms with van der Waals surface area (Å²) in [5.74, 6) is 0.0737. The molecule has 86 valence electrons. The summed E-state index contributed by atoms with van der Waals surface area (Å²) in [6.45, 7) is 0.605. The van der Waals surface area contributed by atoms with Gasteiger partial charge in [0.2, 0.25) is 6.08 Å². The third kappa shape index (κ3) is 3.14. The molecule has 0 aliphatic carbocycles. The van der Waals surface area contributed by atoms with Crippen LogP contribution in [0.3, 0.4) is 0 Å². The third-order valence-corrected chi connectivity index (χ3v) is 2.11. The highest BCUT2D eigenvalue weighted by molar-refractivity contribution is 5.38. The van der Waals surface area contributed by atoms with Crippen molar-refractivity contribution < 1.29 is 18.3 Å². The van der Waals surface area contributed by atoms with Crippen molar-refractivity contribution in [2.75, 3.05) is 0 Å². The number of rotatable bonds is 4. The van der Waals surface area contributed by atoms with Crippen molar-refractivity contribution in [2.45, 2.75) is 26.0 Å². The molecule has 5 heteroatoms. The number of isocyanates is 1. The largest absolute Gasteiger partial charge is 0.435 e. The molecule has 0 N–H and O–H groups in total. The Morgan fingerprint density at radius 3 is 2.31 bits per heavy atom. The highest BCUT2D eigenvalue weighted by Crippen LogP contribution is 2.26. The minimum atomic E-state index is -2.84. The number of benzene rings is 1. The molecule has 0 saturated heterocycles. The first-order valence-electron chi connectivity index (χ1n) is 4.60. The van der Waals surface area contributed by atoms with E-state index in [9.17, 15) is 13.6 Å². The van der Waals surface area contributed by atoms with Gasteiger partial charge in [0.25, 0.3) is 0 Å². The quantitative estimate of drug-likeness (QED) is 0.586. The molecule has 0 fully saturated rings. The van der Waals surface area contributed by atoms with Crippen LogP contribution in [0.15, 0.2) is 29.3 Å². The minimum Gasteiger partial charge on any atom is -0.435 e. The van der Waals surface area contributed by atoms with E-state index in [0.717, 1.165) is 5.56 Å². The van der Waals surface area contributed by atoms with Crippen LogP contribution < -0.4 is 4.74 Å². The molecule has 0 saturated carbocycles. The standard InChI is InChI=1S/C11H11F2NO2/c1-11(2,14-7-15)8-3-5-9(6-4-8)16-10(12)13/h3-6,10H,1-2H3. The smallest absolute Gasteiger partial charge is 0.387 e. The Morgan fingerprint density at radius 1 is 1.31 bits per heavy atom. The monoisotopic (exact) mass is 227 g/mol. The lowest BCUT2D eigenvalue weighted by Crippen LogP contribution is -2.13. The maximum Gasteiger partial charge on any atom is 0.387 e. The number of nitrogens with zero attached hydrogens (tertiary/aromatic N) is 1. The summed E-state index contributed by atoms with van der Waals surface area (Å²) in [4.78, 5) is 13.8. The molecule has 0 aliphatic heterocycles. The number of alkyl halides is 2. The van der Waals surface area contributed by atoms with Gasteiger partial charge in [-0.25, -0.2) is 4.79 Å². The fourth-order valence-electron chi connectivity index (χ4n) is 1.22. The Labute approximate surface area is 91.8 Å². The van der Waals surface area contributed by atoms with Crippen LogP contribution in [0.2, 0.25) is 0 Å². The molecule has 16 heavy (non-hydrogen) atoms. The van der Waals surface area contributed by atoms with Crippen molar-refractivity contribution in [3.8, 4) is 5.75 Å². The van der Waals surface area contributed by atoms with Crippen LogP contribution in [-0.2, 0) is 10.3 Å². The molecule has 3 nitrogen and oxygen atoms in total. The lowest BCUT2D eigenvalue weighted by Gasteiger charge is -2.18. The van der Waals surface area contributed by atoms with Crippen molar-refractivity contribution in [2.24, 2.45) is 4.99 Å². The van der Waals surface area contributed by atoms with Gasteiger partial charge in [-0.1, -0.05) is 12.1 Å². The van der Waals surface area contributed by atoms with Crippen molar-refractivity contribution in [1.82, 2.24) is 0 Å². The topological polar surface area (TPSA) is 38.7 Å². The zero-order chi connectivity index (χ0) is 12.2. The molecular formula is C11H11F2NO2. The first kappa shape index (κ1) is 12.3. The molecule has 0 aliphatic rings. The Balaban J connectivity index is 2.90. The van der Waals surface area contributed by atoms with E-state index in [1.54, 1.807) is 26.0 Å². The molecule has 1 aromatic carbocycles. The first-order valence-corrected chi connectivity index (χ1v) is 4.60. The molecule has 0 unspecified atom stereocenters. The number of hydrogen-bond donors (Lipinski definition) is 0. The maximum absolute atomic E-state index is 11.9. The average Bonchev–Trinajstić information content (AvgIpc) is 2.17. The summed E-state index contributed by atoms with van der Waals surface area (Å²) in [6.07, 6.45) is 1.48. The van der Waals surface area contributed by atoms with Crippen molar-refractivity contribution >= 4 is 6.08 Å². The Kier molecular flexibility index (Phi) is 3.74. The van der Waals surface area contributed by atoms with E-state index in [1.165, 1.54) is 18.2 Å². The van der Waals surface area contributed by atoms with E-state index >= 15 is 0 Å². The van der Waals surface area contributed by atoms with Gasteiger partial charge >= 0.3 is 6.61 Å². The molecule has 0 spiro atoms. The fourth-order valence-corrected chi connectivity index (χ4v) is 1.22. The predicted molar refractivity (Wildman–Crippen MR) is 54.2 cm³/mol. The molecule has 0 radical (unpaired) electrons. The summed E-state index contributed by atoms with van der Waals surface area (Å²) in [5.41, 5.74) is 0.00272. The summed E-state index contributed by atoms with van der Waals surface area (Å²) in [5, 5.41) is 0. The van der Waals surface area contributed by atoms with Crippen LogP contribution >= 0.6 is 0 Å². The van der Waals surface area contributed by atoms with Gasteiger partial charge in [0, 0.05) is 0 Å². The molecule has 0 aromatic heterocycles. The summed E-state index contributed by atoms with van der Waals surface area (Å²) < 4.78 is 28.0. The van der Waals surface area contributed by atoms with Gasteiger partial charge in [-0.15, -0.1) is 0 Å². The highest BCUT2D eigenvalue weighted by Gasteiger charge is 2.19. The summed E-state index contributed by atoms with van der Waals surface area (Å²) >= 11 is 0. The average molecular weight is 227 g/mol. The van der Waals surface area contributed by atoms with Crippen LogP contribution in [0.4, 0.5) is 8.78 Å². The van der Waals surface area contributed by atoms with Gasteiger partial charge < -0.3 is 4.74 Å². The van der Waals surface area contributed by atoms with Crippen molar-refractivity contribution in [1.29, 1.82) is 0 Å². The SMILES string of the molecule is CC(C)(N=C=O)c1ccc(OC(F)F)cc1. The number of hydrogen-bond acceptors (Lipinski definition) is 3. The van der Waals surface area contributed by atoms with Crippen LogP contribution in [0.1, 0.15) is 19.4 Å². The van der Waals surface area contributed by atoms with E-state index in [1.807, 2.05) is 0 Å². The Bertz CT molecular complexity index is 395. The maximum atomic E-state index is 11.9. The number of halogens is 2. The molecular weight excluding hydrogens is 216 g/mol. The molecule has 0 bridgehead atoms. The molecule has 0 amide bonds. The zero-order valence-corrected chi connectivity index (χ0v) is 8.91. The summed E-state index contributed by atoms with van der Waals surface area (Å²) in [6, 6.07) is 5.98. The molecule has 1 rings (SSSR count). The van der Waals surface area contributed by atoms with Gasteiger partial charge in [0.05, 0.1) is 5.54 Å². The predicted octanol–water partition coefficient (Wildman–Crippen LogP) is 2.86. The lowest BCUT2D eigenvalue weighted by atomic mass is 9.95. The number of ether oxygens (including phenoxy) is 1. The van der Waals surface area contributed by atoms with E-state index in [2.05, 4.69) is 9.73 Å². The molecule has 0 atom stereocenters. The van der Waals surface area contributed by atoms with Crippen LogP contribution in [0, 0.1) is 0 Å². The minimum absolute atomic E-state index is 0.0737. The van der Waals surface area contributed by atoms with Gasteiger partial charge in [-0.3, -0.25) is 0 Å².